The van der Waals surface area contributed by atoms with Gasteiger partial charge >= 0.3 is 6.09 Å². The number of hydrogen-bond donors (Lipinski definition) is 1. The number of rotatable bonds is 2. The van der Waals surface area contributed by atoms with Gasteiger partial charge in [-0.1, -0.05) is 0 Å². The molecule has 1 amide bonds. The van der Waals surface area contributed by atoms with Crippen LogP contribution in [0.25, 0.3) is 0 Å². The summed E-state index contributed by atoms with van der Waals surface area (Å²) in [4.78, 5) is 13.6. The topological polar surface area (TPSA) is 55.6 Å². The molecule has 1 saturated heterocycles. The van der Waals surface area contributed by atoms with E-state index in [9.17, 15) is 4.79 Å². The maximum Gasteiger partial charge on any atom is 0.410 e. The number of ether oxygens (including phenoxy) is 1. The standard InChI is InChI=1S/C12H24N2O2/c1-11(2,3)16-10(15)14-7-6-9(14)8-12(4,5)13/h9H,6-8,13H2,1-5H3. The fourth-order valence-corrected chi connectivity index (χ4v) is 1.82. The third-order valence-electron chi connectivity index (χ3n) is 2.53. The summed E-state index contributed by atoms with van der Waals surface area (Å²) in [6.45, 7) is 10.4. The fourth-order valence-electron chi connectivity index (χ4n) is 1.82. The molecule has 0 aromatic heterocycles. The zero-order valence-corrected chi connectivity index (χ0v) is 11.0. The second-order valence-corrected chi connectivity index (χ2v) is 6.31. The van der Waals surface area contributed by atoms with Gasteiger partial charge in [0.25, 0.3) is 0 Å². The number of likely N-dealkylation sites (tertiary alicyclic amines) is 1. The molecule has 0 aliphatic carbocycles. The SMILES string of the molecule is CC(C)(N)CC1CCN1C(=O)OC(C)(C)C. The maximum atomic E-state index is 11.8. The van der Waals surface area contributed by atoms with Gasteiger partial charge in [-0.15, -0.1) is 0 Å². The van der Waals surface area contributed by atoms with E-state index in [1.54, 1.807) is 4.90 Å². The highest BCUT2D eigenvalue weighted by atomic mass is 16.6. The molecule has 4 nitrogen and oxygen atoms in total. The molecule has 1 unspecified atom stereocenters. The van der Waals surface area contributed by atoms with E-state index in [-0.39, 0.29) is 17.7 Å². The highest BCUT2D eigenvalue weighted by molar-refractivity contribution is 5.69. The first-order valence-corrected chi connectivity index (χ1v) is 5.87. The fraction of sp³-hybridized carbons (Fsp3) is 0.917. The van der Waals surface area contributed by atoms with Crippen LogP contribution in [-0.2, 0) is 4.74 Å². The van der Waals surface area contributed by atoms with Crippen molar-refractivity contribution in [2.45, 2.75) is 64.6 Å². The van der Waals surface area contributed by atoms with E-state index in [0.717, 1.165) is 19.4 Å². The van der Waals surface area contributed by atoms with Crippen LogP contribution in [0.3, 0.4) is 0 Å². The Balaban J connectivity index is 2.47. The zero-order valence-electron chi connectivity index (χ0n) is 11.0. The van der Waals surface area contributed by atoms with Crippen LogP contribution in [0.15, 0.2) is 0 Å². The van der Waals surface area contributed by atoms with Gasteiger partial charge in [0.05, 0.1) is 0 Å². The smallest absolute Gasteiger partial charge is 0.410 e. The Bertz CT molecular complexity index is 263. The summed E-state index contributed by atoms with van der Waals surface area (Å²) in [5, 5.41) is 0. The average molecular weight is 228 g/mol. The molecule has 0 spiro atoms. The molecule has 0 saturated carbocycles. The minimum Gasteiger partial charge on any atom is -0.444 e. The minimum atomic E-state index is -0.421. The molecular weight excluding hydrogens is 204 g/mol. The molecule has 1 heterocycles. The number of hydrogen-bond acceptors (Lipinski definition) is 3. The van der Waals surface area contributed by atoms with Crippen molar-refractivity contribution in [3.05, 3.63) is 0 Å². The lowest BCUT2D eigenvalue weighted by atomic mass is 9.89. The van der Waals surface area contributed by atoms with Crippen LogP contribution in [0, 0.1) is 0 Å². The van der Waals surface area contributed by atoms with Crippen LogP contribution in [0.1, 0.15) is 47.5 Å². The average Bonchev–Trinajstić information content (AvgIpc) is 1.92. The highest BCUT2D eigenvalue weighted by Crippen LogP contribution is 2.26. The number of nitrogens with zero attached hydrogens (tertiary/aromatic N) is 1. The first-order chi connectivity index (χ1) is 7.08. The zero-order chi connectivity index (χ0) is 12.6. The lowest BCUT2D eigenvalue weighted by Gasteiger charge is -2.43. The van der Waals surface area contributed by atoms with E-state index in [1.165, 1.54) is 0 Å². The first kappa shape index (κ1) is 13.3. The summed E-state index contributed by atoms with van der Waals surface area (Å²) in [5.74, 6) is 0. The Morgan fingerprint density at radius 3 is 2.25 bits per heavy atom. The van der Waals surface area contributed by atoms with Crippen molar-refractivity contribution in [3.63, 3.8) is 0 Å². The molecule has 94 valence electrons. The maximum absolute atomic E-state index is 11.8. The second-order valence-electron chi connectivity index (χ2n) is 6.31. The molecule has 1 fully saturated rings. The first-order valence-electron chi connectivity index (χ1n) is 5.87. The number of nitrogens with two attached hydrogens (primary N) is 1. The van der Waals surface area contributed by atoms with E-state index in [0.29, 0.717) is 0 Å². The minimum absolute atomic E-state index is 0.215. The van der Waals surface area contributed by atoms with Crippen molar-refractivity contribution in [3.8, 4) is 0 Å². The molecule has 1 aliphatic rings. The summed E-state index contributed by atoms with van der Waals surface area (Å²) >= 11 is 0. The van der Waals surface area contributed by atoms with Crippen LogP contribution in [0.2, 0.25) is 0 Å². The predicted molar refractivity (Wildman–Crippen MR) is 64.2 cm³/mol. The van der Waals surface area contributed by atoms with Crippen molar-refractivity contribution in [2.24, 2.45) is 5.73 Å². The van der Waals surface area contributed by atoms with Gasteiger partial charge in [0.1, 0.15) is 5.60 Å². The van der Waals surface area contributed by atoms with E-state index in [1.807, 2.05) is 34.6 Å². The van der Waals surface area contributed by atoms with Crippen LogP contribution in [0.4, 0.5) is 4.79 Å². The summed E-state index contributed by atoms with van der Waals surface area (Å²) in [6.07, 6.45) is 1.64. The monoisotopic (exact) mass is 228 g/mol. The van der Waals surface area contributed by atoms with Crippen LogP contribution in [0.5, 0.6) is 0 Å². The Morgan fingerprint density at radius 1 is 1.38 bits per heavy atom. The third kappa shape index (κ3) is 4.00. The summed E-state index contributed by atoms with van der Waals surface area (Å²) in [5.41, 5.74) is 5.30. The Morgan fingerprint density at radius 2 is 1.94 bits per heavy atom. The van der Waals surface area contributed by atoms with Crippen LogP contribution < -0.4 is 5.73 Å². The van der Waals surface area contributed by atoms with E-state index in [4.69, 9.17) is 10.5 Å². The molecule has 0 bridgehead atoms. The van der Waals surface area contributed by atoms with Gasteiger partial charge < -0.3 is 15.4 Å². The van der Waals surface area contributed by atoms with Gasteiger partial charge in [-0.25, -0.2) is 4.79 Å². The summed E-state index contributed by atoms with van der Waals surface area (Å²) in [6, 6.07) is 0.245. The van der Waals surface area contributed by atoms with Gasteiger partial charge in [-0.2, -0.15) is 0 Å². The Kier molecular flexibility index (Phi) is 3.53. The molecule has 2 N–H and O–H groups in total. The van der Waals surface area contributed by atoms with Crippen molar-refractivity contribution in [1.29, 1.82) is 0 Å². The van der Waals surface area contributed by atoms with Crippen molar-refractivity contribution < 1.29 is 9.53 Å². The van der Waals surface area contributed by atoms with Crippen LogP contribution in [-0.4, -0.2) is 34.7 Å². The van der Waals surface area contributed by atoms with E-state index in [2.05, 4.69) is 0 Å². The quantitative estimate of drug-likeness (QED) is 0.787. The molecule has 1 atom stereocenters. The van der Waals surface area contributed by atoms with E-state index < -0.39 is 5.60 Å². The molecule has 0 aromatic rings. The Labute approximate surface area is 98.1 Å². The van der Waals surface area contributed by atoms with Gasteiger partial charge in [-0.3, -0.25) is 0 Å². The number of amides is 1. The lowest BCUT2D eigenvalue weighted by molar-refractivity contribution is -0.00965. The van der Waals surface area contributed by atoms with Crippen molar-refractivity contribution >= 4 is 6.09 Å². The molecule has 16 heavy (non-hydrogen) atoms. The second kappa shape index (κ2) is 4.24. The van der Waals surface area contributed by atoms with Crippen LogP contribution >= 0.6 is 0 Å². The van der Waals surface area contributed by atoms with Gasteiger partial charge in [-0.05, 0) is 47.5 Å². The molecule has 0 aromatic carbocycles. The van der Waals surface area contributed by atoms with Gasteiger partial charge in [0.15, 0.2) is 0 Å². The van der Waals surface area contributed by atoms with Crippen molar-refractivity contribution in [2.75, 3.05) is 6.54 Å². The van der Waals surface area contributed by atoms with E-state index >= 15 is 0 Å². The lowest BCUT2D eigenvalue weighted by Crippen LogP contribution is -2.56. The molecule has 4 heteroatoms. The molecule has 1 rings (SSSR count). The predicted octanol–water partition coefficient (Wildman–Crippen LogP) is 2.12. The normalized spacial score (nSPS) is 21.6. The summed E-state index contributed by atoms with van der Waals surface area (Å²) in [7, 11) is 0. The van der Waals surface area contributed by atoms with Gasteiger partial charge in [0.2, 0.25) is 0 Å². The number of carbonyl (C=O) groups is 1. The summed E-state index contributed by atoms with van der Waals surface area (Å²) < 4.78 is 5.33. The third-order valence-corrected chi connectivity index (χ3v) is 2.53. The largest absolute Gasteiger partial charge is 0.444 e. The van der Waals surface area contributed by atoms with Gasteiger partial charge in [0, 0.05) is 18.1 Å². The molecular formula is C12H24N2O2. The van der Waals surface area contributed by atoms with Crippen molar-refractivity contribution in [1.82, 2.24) is 4.90 Å². The molecule has 0 radical (unpaired) electrons. The highest BCUT2D eigenvalue weighted by Gasteiger charge is 2.37. The Hall–Kier alpha value is -0.770. The molecule has 1 aliphatic heterocycles. The number of carbonyl (C=O) groups excluding carboxylic acids is 1.